The van der Waals surface area contributed by atoms with Gasteiger partial charge in [0.2, 0.25) is 5.91 Å². The summed E-state index contributed by atoms with van der Waals surface area (Å²) in [6.07, 6.45) is 88.6. The summed E-state index contributed by atoms with van der Waals surface area (Å²) in [5, 5.41) is 3.08. The van der Waals surface area contributed by atoms with E-state index in [9.17, 15) is 19.0 Å². The van der Waals surface area contributed by atoms with E-state index >= 15 is 0 Å². The van der Waals surface area contributed by atoms with Crippen molar-refractivity contribution in [1.29, 1.82) is 0 Å². The molecule has 10 heteroatoms. The maximum atomic E-state index is 13.6. The van der Waals surface area contributed by atoms with Crippen molar-refractivity contribution < 1.29 is 37.3 Å². The number of amides is 1. The molecule has 0 heterocycles. The van der Waals surface area contributed by atoms with Gasteiger partial charge in [-0.1, -0.05) is 339 Å². The predicted molar refractivity (Wildman–Crippen MR) is 388 cm³/mol. The molecule has 0 bridgehead atoms. The van der Waals surface area contributed by atoms with Crippen molar-refractivity contribution in [2.24, 2.45) is 0 Å². The molecule has 9 nitrogen and oxygen atoms in total. The Morgan fingerprint density at radius 3 is 1.04 bits per heavy atom. The standard InChI is InChI=1S/C79H151N2O7P/c1-7-10-13-16-19-22-25-27-29-31-33-35-37-39-40-42-44-46-48-50-52-54-57-60-63-66-69-72-79(83)88-77(70-67-64-61-58-55-24-21-18-15-12-9-3)76(75-87-89(84,85)86-74-73-81(4,5)6)80-78(82)71-68-65-62-59-56-53-51-49-47-45-43-41-38-36-34-32-30-28-26-23-20-17-14-11-8-2/h19,22,27-30,67,70,76-77H,7-18,20-21,23-26,31-66,68-69,71-75H2,1-6H3,(H-,80,82,84,85)/p+1/b22-19-,29-27-,30-28+,70-67+. The first kappa shape index (κ1) is 87.0. The van der Waals surface area contributed by atoms with Crippen LogP contribution in [0, 0.1) is 0 Å². The van der Waals surface area contributed by atoms with Gasteiger partial charge in [0.05, 0.1) is 33.8 Å². The van der Waals surface area contributed by atoms with Gasteiger partial charge in [-0.15, -0.1) is 0 Å². The molecule has 89 heavy (non-hydrogen) atoms. The number of nitrogens with zero attached hydrogens (tertiary/aromatic N) is 1. The van der Waals surface area contributed by atoms with E-state index in [2.05, 4.69) is 62.5 Å². The summed E-state index contributed by atoms with van der Waals surface area (Å²) >= 11 is 0. The van der Waals surface area contributed by atoms with E-state index in [4.69, 9.17) is 13.8 Å². The average Bonchev–Trinajstić information content (AvgIpc) is 3.71. The minimum Gasteiger partial charge on any atom is -0.456 e. The highest BCUT2D eigenvalue weighted by molar-refractivity contribution is 7.47. The van der Waals surface area contributed by atoms with Crippen LogP contribution >= 0.6 is 7.82 Å². The third kappa shape index (κ3) is 70.1. The Bertz CT molecular complexity index is 1660. The van der Waals surface area contributed by atoms with Crippen molar-refractivity contribution in [2.45, 2.75) is 405 Å². The lowest BCUT2D eigenvalue weighted by molar-refractivity contribution is -0.870. The van der Waals surface area contributed by atoms with Crippen molar-refractivity contribution >= 4 is 19.7 Å². The largest absolute Gasteiger partial charge is 0.472 e. The Hall–Kier alpha value is -2.03. The van der Waals surface area contributed by atoms with Crippen molar-refractivity contribution in [3.05, 3.63) is 48.6 Å². The first-order valence-corrected chi connectivity index (χ1v) is 40.5. The summed E-state index contributed by atoms with van der Waals surface area (Å²) in [6.45, 7) is 7.04. The van der Waals surface area contributed by atoms with Crippen molar-refractivity contribution in [1.82, 2.24) is 5.32 Å². The normalized spacial score (nSPS) is 13.7. The first-order valence-electron chi connectivity index (χ1n) is 39.0. The third-order valence-electron chi connectivity index (χ3n) is 17.7. The highest BCUT2D eigenvalue weighted by Crippen LogP contribution is 2.43. The van der Waals surface area contributed by atoms with Gasteiger partial charge >= 0.3 is 13.8 Å². The zero-order valence-electron chi connectivity index (χ0n) is 60.2. The molecule has 0 aliphatic heterocycles. The van der Waals surface area contributed by atoms with Crippen molar-refractivity contribution in [3.8, 4) is 0 Å². The molecule has 0 saturated heterocycles. The van der Waals surface area contributed by atoms with Crippen LogP contribution in [0.2, 0.25) is 0 Å². The fourth-order valence-electron chi connectivity index (χ4n) is 11.7. The smallest absolute Gasteiger partial charge is 0.456 e. The van der Waals surface area contributed by atoms with E-state index in [1.165, 1.54) is 295 Å². The molecule has 0 aliphatic carbocycles. The SMILES string of the molecule is CCCCC/C=C\C/C=C\CCCCCCCCCCCCCCCCCCCC(=O)OC(/C=C/CCCCCCCCCCC)C(COP(=O)(O)OCC[N+](C)(C)C)NC(=O)CCCCCCCCCCCCCCCCC/C=C/CCCCCCCC. The molecule has 0 radical (unpaired) electrons. The molecular formula is C79H152N2O7P+. The number of phosphoric acid groups is 1. The van der Waals surface area contributed by atoms with Gasteiger partial charge in [-0.2, -0.15) is 0 Å². The molecule has 524 valence electrons. The van der Waals surface area contributed by atoms with Gasteiger partial charge in [-0.05, 0) is 89.5 Å². The molecule has 3 unspecified atom stereocenters. The molecule has 0 aromatic rings. The lowest BCUT2D eigenvalue weighted by Crippen LogP contribution is -2.47. The number of esters is 1. The zero-order valence-corrected chi connectivity index (χ0v) is 61.1. The van der Waals surface area contributed by atoms with Gasteiger partial charge in [0.25, 0.3) is 0 Å². The zero-order chi connectivity index (χ0) is 64.9. The van der Waals surface area contributed by atoms with Gasteiger partial charge < -0.3 is 19.4 Å². The summed E-state index contributed by atoms with van der Waals surface area (Å²) in [4.78, 5) is 38.0. The van der Waals surface area contributed by atoms with Gasteiger partial charge in [-0.3, -0.25) is 18.6 Å². The number of ether oxygens (including phenoxy) is 1. The van der Waals surface area contributed by atoms with E-state index < -0.39 is 20.0 Å². The minimum absolute atomic E-state index is 0.0427. The Morgan fingerprint density at radius 1 is 0.393 bits per heavy atom. The van der Waals surface area contributed by atoms with Crippen LogP contribution in [0.5, 0.6) is 0 Å². The number of unbranched alkanes of at least 4 members (excludes halogenated alkanes) is 50. The molecular weight excluding hydrogens is 1120 g/mol. The predicted octanol–water partition coefficient (Wildman–Crippen LogP) is 25.1. The highest BCUT2D eigenvalue weighted by Gasteiger charge is 2.30. The molecule has 3 atom stereocenters. The summed E-state index contributed by atoms with van der Waals surface area (Å²) in [6, 6.07) is -0.847. The topological polar surface area (TPSA) is 111 Å². The number of carbonyl (C=O) groups excluding carboxylic acids is 2. The highest BCUT2D eigenvalue weighted by atomic mass is 31.2. The lowest BCUT2D eigenvalue weighted by atomic mass is 10.0. The maximum absolute atomic E-state index is 13.6. The van der Waals surface area contributed by atoms with Crippen molar-refractivity contribution in [3.63, 3.8) is 0 Å². The Balaban J connectivity index is 4.87. The summed E-state index contributed by atoms with van der Waals surface area (Å²) in [5.41, 5.74) is 0. The van der Waals surface area contributed by atoms with Crippen molar-refractivity contribution in [2.75, 3.05) is 40.9 Å². The number of nitrogens with one attached hydrogen (secondary N) is 1. The average molecular weight is 1270 g/mol. The number of hydrogen-bond acceptors (Lipinski definition) is 6. The molecule has 0 aromatic carbocycles. The van der Waals surface area contributed by atoms with Crippen LogP contribution < -0.4 is 5.32 Å². The molecule has 0 aromatic heterocycles. The number of hydrogen-bond donors (Lipinski definition) is 2. The molecule has 0 aliphatic rings. The van der Waals surface area contributed by atoms with Crippen LogP contribution in [-0.4, -0.2) is 74.3 Å². The number of likely N-dealkylation sites (N-methyl/N-ethyl adjacent to an activating group) is 1. The van der Waals surface area contributed by atoms with E-state index in [-0.39, 0.29) is 25.1 Å². The lowest BCUT2D eigenvalue weighted by Gasteiger charge is -2.27. The number of phosphoric ester groups is 1. The molecule has 0 spiro atoms. The molecule has 0 fully saturated rings. The van der Waals surface area contributed by atoms with Crippen LogP contribution in [0.4, 0.5) is 0 Å². The second-order valence-electron chi connectivity index (χ2n) is 27.9. The fraction of sp³-hybridized carbons (Fsp3) is 0.873. The molecule has 1 amide bonds. The Morgan fingerprint density at radius 2 is 0.685 bits per heavy atom. The van der Waals surface area contributed by atoms with E-state index in [0.29, 0.717) is 23.9 Å². The number of rotatable bonds is 72. The van der Waals surface area contributed by atoms with Gasteiger partial charge in [0.15, 0.2) is 0 Å². The molecule has 2 N–H and O–H groups in total. The summed E-state index contributed by atoms with van der Waals surface area (Å²) in [7, 11) is 1.51. The number of quaternary nitrogens is 1. The quantitative estimate of drug-likeness (QED) is 0.0205. The monoisotopic (exact) mass is 1270 g/mol. The Kier molecular flexibility index (Phi) is 67.2. The second-order valence-corrected chi connectivity index (χ2v) is 29.3. The number of allylic oxidation sites excluding steroid dienone is 7. The maximum Gasteiger partial charge on any atom is 0.472 e. The van der Waals surface area contributed by atoms with Crippen LogP contribution in [0.25, 0.3) is 0 Å². The third-order valence-corrected chi connectivity index (χ3v) is 18.7. The minimum atomic E-state index is -4.45. The Labute approximate surface area is 554 Å². The van der Waals surface area contributed by atoms with Gasteiger partial charge in [0.1, 0.15) is 19.3 Å². The van der Waals surface area contributed by atoms with Crippen LogP contribution in [0.1, 0.15) is 393 Å². The fourth-order valence-corrected chi connectivity index (χ4v) is 12.5. The summed E-state index contributed by atoms with van der Waals surface area (Å²) < 4.78 is 30.9. The summed E-state index contributed by atoms with van der Waals surface area (Å²) in [5.74, 6) is -0.484. The van der Waals surface area contributed by atoms with E-state index in [1.54, 1.807) is 0 Å². The van der Waals surface area contributed by atoms with E-state index in [1.807, 2.05) is 33.3 Å². The number of carbonyl (C=O) groups is 2. The van der Waals surface area contributed by atoms with Gasteiger partial charge in [0, 0.05) is 12.8 Å². The molecule has 0 rings (SSSR count). The second kappa shape index (κ2) is 68.8. The van der Waals surface area contributed by atoms with Crippen LogP contribution in [0.3, 0.4) is 0 Å². The van der Waals surface area contributed by atoms with Crippen LogP contribution in [0.15, 0.2) is 48.6 Å². The van der Waals surface area contributed by atoms with Gasteiger partial charge in [-0.25, -0.2) is 4.57 Å². The first-order chi connectivity index (χ1) is 43.4. The molecule has 0 saturated carbocycles. The van der Waals surface area contributed by atoms with Crippen LogP contribution in [-0.2, 0) is 27.9 Å². The van der Waals surface area contributed by atoms with E-state index in [0.717, 1.165) is 64.2 Å².